The second-order valence-electron chi connectivity index (χ2n) is 7.01. The monoisotopic (exact) mass is 375 g/mol. The predicted molar refractivity (Wildman–Crippen MR) is 119 cm³/mol. The van der Waals surface area contributed by atoms with Crippen LogP contribution in [0, 0.1) is 10.1 Å². The Morgan fingerprint density at radius 3 is 1.59 bits per heavy atom. The van der Waals surface area contributed by atoms with Crippen molar-refractivity contribution in [2.24, 2.45) is 0 Å². The van der Waals surface area contributed by atoms with Crippen molar-refractivity contribution in [2.75, 3.05) is 0 Å². The summed E-state index contributed by atoms with van der Waals surface area (Å²) in [7, 11) is 0. The third-order valence-corrected chi connectivity index (χ3v) is 5.34. The minimum absolute atomic E-state index is 0.101. The molecule has 3 nitrogen and oxygen atoms in total. The normalized spacial score (nSPS) is 11.0. The molecule has 0 heterocycles. The maximum atomic E-state index is 11.5. The predicted octanol–water partition coefficient (Wildman–Crippen LogP) is 7.24. The zero-order chi connectivity index (χ0) is 19.8. The van der Waals surface area contributed by atoms with E-state index in [1.807, 2.05) is 54.6 Å². The van der Waals surface area contributed by atoms with E-state index in [4.69, 9.17) is 0 Å². The molecule has 0 aliphatic rings. The van der Waals surface area contributed by atoms with Crippen LogP contribution >= 0.6 is 0 Å². The molecule has 3 heteroatoms. The molecule has 0 spiro atoms. The van der Waals surface area contributed by atoms with Crippen molar-refractivity contribution in [3.63, 3.8) is 0 Å². The largest absolute Gasteiger partial charge is 0.270 e. The lowest BCUT2D eigenvalue weighted by atomic mass is 9.85. The average molecular weight is 375 g/mol. The molecule has 0 bridgehead atoms. The highest BCUT2D eigenvalue weighted by Gasteiger charge is 2.19. The minimum Gasteiger partial charge on any atom is -0.258 e. The number of nitro groups is 1. The average Bonchev–Trinajstić information content (AvgIpc) is 2.79. The zero-order valence-corrected chi connectivity index (χ0v) is 15.6. The Kier molecular flexibility index (Phi) is 4.07. The summed E-state index contributed by atoms with van der Waals surface area (Å²) in [4.78, 5) is 11.2. The molecule has 0 aromatic heterocycles. The molecule has 0 fully saturated rings. The number of hydrogen-bond acceptors (Lipinski definition) is 2. The van der Waals surface area contributed by atoms with E-state index < -0.39 is 0 Å². The fraction of sp³-hybridized carbons (Fsp3) is 0. The maximum absolute atomic E-state index is 11.5. The Hall–Kier alpha value is -3.98. The van der Waals surface area contributed by atoms with Gasteiger partial charge in [-0.2, -0.15) is 0 Å². The van der Waals surface area contributed by atoms with Gasteiger partial charge in [0.1, 0.15) is 0 Å². The molecule has 138 valence electrons. The quantitative estimate of drug-likeness (QED) is 0.189. The zero-order valence-electron chi connectivity index (χ0n) is 15.6. The first-order valence-electron chi connectivity index (χ1n) is 9.48. The summed E-state index contributed by atoms with van der Waals surface area (Å²) in [5, 5.41) is 15.7. The van der Waals surface area contributed by atoms with Gasteiger partial charge in [-0.05, 0) is 49.9 Å². The number of non-ortho nitro benzene ring substituents is 1. The van der Waals surface area contributed by atoms with Crippen LogP contribution in [0.25, 0.3) is 43.8 Å². The summed E-state index contributed by atoms with van der Waals surface area (Å²) in [6.45, 7) is 0. The van der Waals surface area contributed by atoms with E-state index in [0.29, 0.717) is 0 Å². The lowest BCUT2D eigenvalue weighted by Crippen LogP contribution is -1.93. The smallest absolute Gasteiger partial charge is 0.258 e. The van der Waals surface area contributed by atoms with Crippen LogP contribution in [-0.2, 0) is 0 Å². The van der Waals surface area contributed by atoms with Gasteiger partial charge < -0.3 is 0 Å². The summed E-state index contributed by atoms with van der Waals surface area (Å²) in [6, 6.07) is 33.8. The molecule has 0 unspecified atom stereocenters. The number of nitro benzene ring substituents is 1. The molecule has 0 amide bonds. The number of benzene rings is 5. The van der Waals surface area contributed by atoms with Crippen molar-refractivity contribution in [1.29, 1.82) is 0 Å². The molecule has 0 atom stereocenters. The molecule has 0 aliphatic heterocycles. The van der Waals surface area contributed by atoms with E-state index in [2.05, 4.69) is 36.4 Å². The molecule has 0 aliphatic carbocycles. The summed E-state index contributed by atoms with van der Waals surface area (Å²) in [5.74, 6) is 0. The van der Waals surface area contributed by atoms with Gasteiger partial charge in [-0.15, -0.1) is 0 Å². The van der Waals surface area contributed by atoms with Crippen LogP contribution in [0.5, 0.6) is 0 Å². The molecule has 0 radical (unpaired) electrons. The van der Waals surface area contributed by atoms with Crippen LogP contribution in [0.1, 0.15) is 0 Å². The highest BCUT2D eigenvalue weighted by Crippen LogP contribution is 2.45. The van der Waals surface area contributed by atoms with Crippen molar-refractivity contribution in [1.82, 2.24) is 0 Å². The highest BCUT2D eigenvalue weighted by molar-refractivity contribution is 6.21. The second kappa shape index (κ2) is 6.88. The molecule has 5 aromatic carbocycles. The Morgan fingerprint density at radius 1 is 0.517 bits per heavy atom. The SMILES string of the molecule is O=[N+]([O-])c1ccc2c(c1)c(-c1ccccc1)c(-c1ccccc1)c1ccccc12. The molecule has 5 aromatic rings. The second-order valence-corrected chi connectivity index (χ2v) is 7.01. The first kappa shape index (κ1) is 17.1. The number of nitrogens with zero attached hydrogens (tertiary/aromatic N) is 1. The Bertz CT molecular complexity index is 1360. The van der Waals surface area contributed by atoms with Crippen molar-refractivity contribution in [2.45, 2.75) is 0 Å². The molecule has 0 N–H and O–H groups in total. The van der Waals surface area contributed by atoms with Crippen LogP contribution in [0.15, 0.2) is 103 Å². The van der Waals surface area contributed by atoms with Crippen LogP contribution < -0.4 is 0 Å². The van der Waals surface area contributed by atoms with Gasteiger partial charge in [0.2, 0.25) is 0 Å². The molecule has 29 heavy (non-hydrogen) atoms. The molecule has 0 saturated carbocycles. The summed E-state index contributed by atoms with van der Waals surface area (Å²) in [5.41, 5.74) is 4.36. The first-order valence-corrected chi connectivity index (χ1v) is 9.48. The standard InChI is InChI=1S/C26H17NO2/c28-27(29)20-15-16-22-21-13-7-8-14-23(21)25(18-9-3-1-4-10-18)26(24(22)17-20)19-11-5-2-6-12-19/h1-17H. The number of rotatable bonds is 3. The van der Waals surface area contributed by atoms with Gasteiger partial charge in [-0.3, -0.25) is 10.1 Å². The van der Waals surface area contributed by atoms with Gasteiger partial charge in [0, 0.05) is 12.1 Å². The van der Waals surface area contributed by atoms with Gasteiger partial charge in [0.25, 0.3) is 5.69 Å². The Labute approximate surface area is 168 Å². The Morgan fingerprint density at radius 2 is 1.00 bits per heavy atom. The van der Waals surface area contributed by atoms with Crippen LogP contribution in [0.3, 0.4) is 0 Å². The van der Waals surface area contributed by atoms with Crippen LogP contribution in [0.2, 0.25) is 0 Å². The van der Waals surface area contributed by atoms with E-state index in [9.17, 15) is 10.1 Å². The fourth-order valence-electron chi connectivity index (χ4n) is 4.10. The lowest BCUT2D eigenvalue weighted by molar-refractivity contribution is -0.384. The molecule has 5 rings (SSSR count). The van der Waals surface area contributed by atoms with E-state index in [1.165, 1.54) is 0 Å². The van der Waals surface area contributed by atoms with E-state index >= 15 is 0 Å². The fourth-order valence-corrected chi connectivity index (χ4v) is 4.10. The number of hydrogen-bond donors (Lipinski definition) is 0. The third-order valence-electron chi connectivity index (χ3n) is 5.34. The summed E-state index contributed by atoms with van der Waals surface area (Å²) in [6.07, 6.45) is 0. The maximum Gasteiger partial charge on any atom is 0.270 e. The van der Waals surface area contributed by atoms with Gasteiger partial charge in [-0.1, -0.05) is 84.9 Å². The highest BCUT2D eigenvalue weighted by atomic mass is 16.6. The van der Waals surface area contributed by atoms with Crippen molar-refractivity contribution in [3.8, 4) is 22.3 Å². The van der Waals surface area contributed by atoms with E-state index in [0.717, 1.165) is 43.8 Å². The summed E-state index contributed by atoms with van der Waals surface area (Å²) < 4.78 is 0. The van der Waals surface area contributed by atoms with E-state index in [1.54, 1.807) is 12.1 Å². The molecular formula is C26H17NO2. The van der Waals surface area contributed by atoms with Crippen LogP contribution in [0.4, 0.5) is 5.69 Å². The summed E-state index contributed by atoms with van der Waals surface area (Å²) >= 11 is 0. The van der Waals surface area contributed by atoms with Gasteiger partial charge in [-0.25, -0.2) is 0 Å². The third kappa shape index (κ3) is 2.84. The minimum atomic E-state index is -0.328. The van der Waals surface area contributed by atoms with Gasteiger partial charge >= 0.3 is 0 Å². The molecule has 0 saturated heterocycles. The topological polar surface area (TPSA) is 43.1 Å². The number of fused-ring (bicyclic) bond motifs is 3. The lowest BCUT2D eigenvalue weighted by Gasteiger charge is -2.18. The molecular weight excluding hydrogens is 358 g/mol. The van der Waals surface area contributed by atoms with Crippen molar-refractivity contribution < 1.29 is 4.92 Å². The van der Waals surface area contributed by atoms with E-state index in [-0.39, 0.29) is 10.6 Å². The van der Waals surface area contributed by atoms with Gasteiger partial charge in [0.05, 0.1) is 4.92 Å². The Balaban J connectivity index is 2.05. The van der Waals surface area contributed by atoms with Crippen molar-refractivity contribution in [3.05, 3.63) is 113 Å². The van der Waals surface area contributed by atoms with Gasteiger partial charge in [0.15, 0.2) is 0 Å². The van der Waals surface area contributed by atoms with Crippen LogP contribution in [-0.4, -0.2) is 4.92 Å². The first-order chi connectivity index (χ1) is 14.2. The van der Waals surface area contributed by atoms with Crippen molar-refractivity contribution >= 4 is 27.2 Å².